The number of pyridine rings is 2. The Morgan fingerprint density at radius 2 is 1.43 bits per heavy atom. The molecule has 7 rings (SSSR count). The van der Waals surface area contributed by atoms with Crippen LogP contribution in [0, 0.1) is 0 Å². The zero-order chi connectivity index (χ0) is 35.6. The molecule has 1 aliphatic rings. The average molecular weight is 722 g/mol. The van der Waals surface area contributed by atoms with Crippen LogP contribution in [0.3, 0.4) is 0 Å². The van der Waals surface area contributed by atoms with E-state index in [0.29, 0.717) is 53.5 Å². The molecule has 1 atom stereocenters. The number of para-hydroxylation sites is 1. The second-order valence-corrected chi connectivity index (χ2v) is 15.6. The number of hydrogen-bond acceptors (Lipinski definition) is 9. The fraction of sp³-hybridized carbons (Fsp3) is 0.184. The van der Waals surface area contributed by atoms with Gasteiger partial charge in [-0.3, -0.25) is 19.6 Å². The summed E-state index contributed by atoms with van der Waals surface area (Å²) in [6.45, 7) is 2.02. The predicted molar refractivity (Wildman–Crippen MR) is 197 cm³/mol. The highest BCUT2D eigenvalue weighted by Crippen LogP contribution is 2.34. The summed E-state index contributed by atoms with van der Waals surface area (Å²) in [5, 5.41) is 4.45. The van der Waals surface area contributed by atoms with Gasteiger partial charge in [0.05, 0.1) is 16.6 Å². The number of rotatable bonds is 10. The Morgan fingerprint density at radius 3 is 2.14 bits per heavy atom. The summed E-state index contributed by atoms with van der Waals surface area (Å²) in [4.78, 5) is 27.2. The first-order chi connectivity index (χ1) is 24.6. The molecule has 6 aromatic rings. The first kappa shape index (κ1) is 34.2. The number of sulfone groups is 1. The smallest absolute Gasteiger partial charge is 0.312 e. The molecule has 1 saturated heterocycles. The van der Waals surface area contributed by atoms with Crippen molar-refractivity contribution in [3.8, 4) is 11.3 Å². The van der Waals surface area contributed by atoms with Gasteiger partial charge in [0.1, 0.15) is 5.88 Å². The van der Waals surface area contributed by atoms with Gasteiger partial charge in [-0.05, 0) is 41.6 Å². The Labute approximate surface area is 296 Å². The Balaban J connectivity index is 1.28. The third kappa shape index (κ3) is 7.19. The second kappa shape index (κ2) is 14.2. The first-order valence-electron chi connectivity index (χ1n) is 16.4. The van der Waals surface area contributed by atoms with Crippen LogP contribution >= 0.6 is 0 Å². The number of nitrogens with zero attached hydrogens (tertiary/aromatic N) is 4. The molecule has 51 heavy (non-hydrogen) atoms. The van der Waals surface area contributed by atoms with Crippen LogP contribution in [0.4, 0.5) is 5.69 Å². The fourth-order valence-corrected chi connectivity index (χ4v) is 8.72. The minimum atomic E-state index is -4.74. The van der Waals surface area contributed by atoms with Crippen LogP contribution in [0.1, 0.15) is 5.56 Å². The van der Waals surface area contributed by atoms with Crippen molar-refractivity contribution in [2.75, 3.05) is 37.0 Å². The number of carbonyl (C=O) groups excluding carboxylic acids is 1. The number of carbonyl (C=O) groups is 1. The van der Waals surface area contributed by atoms with E-state index >= 15 is 0 Å². The molecule has 11 nitrogen and oxygen atoms in total. The molecule has 1 aliphatic heterocycles. The number of fused-ring (bicyclic) bond motifs is 2. The molecule has 0 bridgehead atoms. The van der Waals surface area contributed by atoms with Crippen LogP contribution in [-0.2, 0) is 31.2 Å². The van der Waals surface area contributed by atoms with Gasteiger partial charge in [-0.1, -0.05) is 84.9 Å². The fourth-order valence-electron chi connectivity index (χ4n) is 6.67. The Bertz CT molecular complexity index is 2430. The lowest BCUT2D eigenvalue weighted by atomic mass is 9.94. The molecule has 2 aromatic heterocycles. The number of anilines is 1. The predicted octanol–water partition coefficient (Wildman–Crippen LogP) is 4.98. The van der Waals surface area contributed by atoms with Crippen molar-refractivity contribution >= 4 is 53.1 Å². The van der Waals surface area contributed by atoms with Crippen molar-refractivity contribution in [1.82, 2.24) is 20.2 Å². The standard InChI is InChI=1S/C38H35N5O6S2/c44-38(43-22-20-42(21-23-43)29-13-5-2-6-14-29)34(40-26-50(45,46)35-17-9-12-28-25-39-19-18-30(28)35)24-33-31-15-7-8-16-32(31)37(51(47,48)49)41-36(33)27-10-3-1-4-11-27/h1-19,25,34,40H,20-24,26H2,(H,47,48,49)/t34-/m0/s1. The molecule has 13 heteroatoms. The van der Waals surface area contributed by atoms with Gasteiger partial charge >= 0.3 is 10.1 Å². The SMILES string of the molecule is O=C([C@H](Cc1c(-c2ccccc2)nc(S(=O)(=O)O)c2ccccc12)NCS(=O)(=O)c1cccc2cnccc12)N1CCN(c2ccccc2)CC1. The topological polar surface area (TPSA) is 150 Å². The van der Waals surface area contributed by atoms with E-state index in [1.807, 2.05) is 36.4 Å². The van der Waals surface area contributed by atoms with Gasteiger partial charge in [-0.15, -0.1) is 0 Å². The van der Waals surface area contributed by atoms with E-state index in [0.717, 1.165) is 5.69 Å². The molecular formula is C38H35N5O6S2. The summed E-state index contributed by atoms with van der Waals surface area (Å²) >= 11 is 0. The van der Waals surface area contributed by atoms with Gasteiger partial charge in [-0.25, -0.2) is 13.4 Å². The number of benzene rings is 4. The van der Waals surface area contributed by atoms with Crippen molar-refractivity contribution in [2.24, 2.45) is 0 Å². The molecule has 260 valence electrons. The molecule has 4 aromatic carbocycles. The maximum atomic E-state index is 14.5. The second-order valence-electron chi connectivity index (χ2n) is 12.4. The third-order valence-electron chi connectivity index (χ3n) is 9.19. The average Bonchev–Trinajstić information content (AvgIpc) is 3.16. The number of amides is 1. The lowest BCUT2D eigenvalue weighted by Crippen LogP contribution is -2.55. The summed E-state index contributed by atoms with van der Waals surface area (Å²) < 4.78 is 63.3. The lowest BCUT2D eigenvalue weighted by Gasteiger charge is -2.38. The highest BCUT2D eigenvalue weighted by Gasteiger charge is 2.32. The van der Waals surface area contributed by atoms with E-state index in [-0.39, 0.29) is 28.3 Å². The molecule has 0 spiro atoms. The molecule has 1 fully saturated rings. The maximum Gasteiger partial charge on any atom is 0.312 e. The largest absolute Gasteiger partial charge is 0.368 e. The molecule has 0 radical (unpaired) electrons. The molecule has 0 aliphatic carbocycles. The van der Waals surface area contributed by atoms with Crippen LogP contribution in [0.2, 0.25) is 0 Å². The van der Waals surface area contributed by atoms with E-state index in [2.05, 4.69) is 20.2 Å². The van der Waals surface area contributed by atoms with Crippen molar-refractivity contribution in [3.05, 3.63) is 127 Å². The van der Waals surface area contributed by atoms with E-state index in [1.165, 1.54) is 12.3 Å². The van der Waals surface area contributed by atoms with Gasteiger partial charge in [0.15, 0.2) is 14.9 Å². The first-order valence-corrected chi connectivity index (χ1v) is 19.5. The van der Waals surface area contributed by atoms with E-state index in [4.69, 9.17) is 0 Å². The van der Waals surface area contributed by atoms with Gasteiger partial charge in [0.2, 0.25) is 5.91 Å². The summed E-state index contributed by atoms with van der Waals surface area (Å²) in [6, 6.07) is 31.1. The van der Waals surface area contributed by atoms with Gasteiger partial charge in [0, 0.05) is 66.0 Å². The van der Waals surface area contributed by atoms with E-state index in [1.54, 1.807) is 77.8 Å². The van der Waals surface area contributed by atoms with Gasteiger partial charge in [-0.2, -0.15) is 8.42 Å². The maximum absolute atomic E-state index is 14.5. The van der Waals surface area contributed by atoms with Crippen molar-refractivity contribution in [3.63, 3.8) is 0 Å². The van der Waals surface area contributed by atoms with Crippen molar-refractivity contribution in [1.29, 1.82) is 0 Å². The number of piperazine rings is 1. The zero-order valence-corrected chi connectivity index (χ0v) is 29.1. The van der Waals surface area contributed by atoms with Crippen LogP contribution in [0.15, 0.2) is 132 Å². The minimum Gasteiger partial charge on any atom is -0.368 e. The zero-order valence-electron chi connectivity index (χ0n) is 27.5. The monoisotopic (exact) mass is 721 g/mol. The molecule has 0 saturated carbocycles. The minimum absolute atomic E-state index is 0.0177. The molecule has 0 unspecified atom stereocenters. The summed E-state index contributed by atoms with van der Waals surface area (Å²) in [5.41, 5.74) is 2.42. The van der Waals surface area contributed by atoms with E-state index < -0.39 is 36.9 Å². The van der Waals surface area contributed by atoms with Crippen LogP contribution in [-0.4, -0.2) is 80.3 Å². The summed E-state index contributed by atoms with van der Waals surface area (Å²) in [6.07, 6.45) is 3.12. The molecule has 1 amide bonds. The van der Waals surface area contributed by atoms with Crippen LogP contribution in [0.25, 0.3) is 32.8 Å². The lowest BCUT2D eigenvalue weighted by molar-refractivity contribution is -0.133. The van der Waals surface area contributed by atoms with Crippen LogP contribution in [0.5, 0.6) is 0 Å². The van der Waals surface area contributed by atoms with Gasteiger partial charge in [0.25, 0.3) is 0 Å². The van der Waals surface area contributed by atoms with Crippen molar-refractivity contribution < 1.29 is 26.2 Å². The Hall–Kier alpha value is -5.21. The summed E-state index contributed by atoms with van der Waals surface area (Å²) in [5.74, 6) is -0.828. The Morgan fingerprint density at radius 1 is 0.765 bits per heavy atom. The highest BCUT2D eigenvalue weighted by atomic mass is 32.2. The number of aromatic nitrogens is 2. The quantitative estimate of drug-likeness (QED) is 0.186. The van der Waals surface area contributed by atoms with E-state index in [9.17, 15) is 26.2 Å². The third-order valence-corrected chi connectivity index (χ3v) is 11.6. The highest BCUT2D eigenvalue weighted by molar-refractivity contribution is 7.91. The Kier molecular flexibility index (Phi) is 9.53. The summed E-state index contributed by atoms with van der Waals surface area (Å²) in [7, 11) is -8.70. The van der Waals surface area contributed by atoms with Gasteiger partial charge < -0.3 is 9.80 Å². The molecule has 2 N–H and O–H groups in total. The normalized spacial score (nSPS) is 14.5. The number of nitrogens with one attached hydrogen (secondary N) is 1. The molecular weight excluding hydrogens is 687 g/mol. The molecule has 3 heterocycles. The number of hydrogen-bond donors (Lipinski definition) is 2. The van der Waals surface area contributed by atoms with Crippen LogP contribution < -0.4 is 10.2 Å². The van der Waals surface area contributed by atoms with Crippen molar-refractivity contribution in [2.45, 2.75) is 22.4 Å².